The number of halogens is 1. The maximum atomic E-state index is 11.7. The SMILES string of the molecule is CC(=O)c1cnc(Cl)c(C)c1Nc1cc[c-]cc1C.[Y]. The maximum absolute atomic E-state index is 11.7. The van der Waals surface area contributed by atoms with Crippen LogP contribution in [0.1, 0.15) is 28.4 Å². The Labute approximate surface area is 149 Å². The van der Waals surface area contributed by atoms with Gasteiger partial charge in [-0.25, -0.2) is 4.98 Å². The van der Waals surface area contributed by atoms with Crippen LogP contribution < -0.4 is 5.32 Å². The summed E-state index contributed by atoms with van der Waals surface area (Å²) in [4.78, 5) is 15.7. The molecule has 3 nitrogen and oxygen atoms in total. The summed E-state index contributed by atoms with van der Waals surface area (Å²) >= 11 is 6.03. The number of carbonyl (C=O) groups is 1. The molecular weight excluding hydrogens is 349 g/mol. The third-order valence-electron chi connectivity index (χ3n) is 2.97. The molecule has 1 radical (unpaired) electrons. The summed E-state index contributed by atoms with van der Waals surface area (Å²) in [7, 11) is 0. The summed E-state index contributed by atoms with van der Waals surface area (Å²) in [6, 6.07) is 8.62. The monoisotopic (exact) mass is 362 g/mol. The van der Waals surface area contributed by atoms with Crippen molar-refractivity contribution < 1.29 is 37.5 Å². The first-order valence-electron chi connectivity index (χ1n) is 5.90. The van der Waals surface area contributed by atoms with Crippen molar-refractivity contribution >= 4 is 28.8 Å². The molecule has 0 atom stereocenters. The number of aryl methyl sites for hydroxylation is 1. The summed E-state index contributed by atoms with van der Waals surface area (Å²) in [6.45, 7) is 5.33. The van der Waals surface area contributed by atoms with Crippen LogP contribution in [0.5, 0.6) is 0 Å². The number of pyridine rings is 1. The molecule has 1 aromatic heterocycles. The zero-order valence-electron chi connectivity index (χ0n) is 11.6. The molecule has 5 heteroatoms. The van der Waals surface area contributed by atoms with E-state index in [2.05, 4.69) is 16.4 Å². The van der Waals surface area contributed by atoms with Crippen molar-refractivity contribution in [2.75, 3.05) is 5.32 Å². The van der Waals surface area contributed by atoms with Gasteiger partial charge in [0.05, 0.1) is 11.3 Å². The Morgan fingerprint density at radius 3 is 2.70 bits per heavy atom. The number of anilines is 2. The van der Waals surface area contributed by atoms with E-state index < -0.39 is 0 Å². The number of hydrogen-bond acceptors (Lipinski definition) is 3. The van der Waals surface area contributed by atoms with Crippen LogP contribution in [0.25, 0.3) is 0 Å². The fourth-order valence-corrected chi connectivity index (χ4v) is 1.95. The minimum absolute atomic E-state index is 0. The Balaban J connectivity index is 0.00000200. The third-order valence-corrected chi connectivity index (χ3v) is 3.35. The number of benzene rings is 1. The normalized spacial score (nSPS) is 9.80. The Hall–Kier alpha value is -0.766. The first kappa shape index (κ1) is 17.3. The van der Waals surface area contributed by atoms with Crippen LogP contribution in [0.15, 0.2) is 24.4 Å². The van der Waals surface area contributed by atoms with E-state index in [-0.39, 0.29) is 38.5 Å². The molecule has 0 aliphatic rings. The number of Topliss-reactive ketones (excluding diaryl/α,β-unsaturated/α-hetero) is 1. The van der Waals surface area contributed by atoms with Crippen molar-refractivity contribution in [2.45, 2.75) is 20.8 Å². The van der Waals surface area contributed by atoms with Crippen LogP contribution in [-0.4, -0.2) is 10.8 Å². The molecule has 0 amide bonds. The maximum Gasteiger partial charge on any atom is 0.163 e. The molecule has 0 saturated heterocycles. The van der Waals surface area contributed by atoms with Gasteiger partial charge in [-0.15, -0.1) is 11.6 Å². The van der Waals surface area contributed by atoms with Gasteiger partial charge in [0, 0.05) is 44.5 Å². The summed E-state index contributed by atoms with van der Waals surface area (Å²) in [5.41, 5.74) is 3.98. The van der Waals surface area contributed by atoms with Crippen LogP contribution in [0, 0.1) is 19.9 Å². The quantitative estimate of drug-likeness (QED) is 0.508. The number of rotatable bonds is 3. The van der Waals surface area contributed by atoms with Crippen LogP contribution in [0.3, 0.4) is 0 Å². The van der Waals surface area contributed by atoms with E-state index >= 15 is 0 Å². The average Bonchev–Trinajstić information content (AvgIpc) is 2.37. The molecule has 0 unspecified atom stereocenters. The number of ketones is 1. The van der Waals surface area contributed by atoms with Crippen LogP contribution in [-0.2, 0) is 32.7 Å². The third kappa shape index (κ3) is 3.66. The van der Waals surface area contributed by atoms with E-state index in [1.807, 2.05) is 32.0 Å². The largest absolute Gasteiger partial charge is 0.377 e. The molecule has 20 heavy (non-hydrogen) atoms. The smallest absolute Gasteiger partial charge is 0.163 e. The van der Waals surface area contributed by atoms with E-state index in [0.29, 0.717) is 16.4 Å². The summed E-state index contributed by atoms with van der Waals surface area (Å²) in [5, 5.41) is 3.66. The van der Waals surface area contributed by atoms with E-state index in [0.717, 1.165) is 16.8 Å². The molecule has 1 aromatic carbocycles. The zero-order chi connectivity index (χ0) is 14.0. The van der Waals surface area contributed by atoms with Crippen molar-refractivity contribution in [1.82, 2.24) is 4.98 Å². The summed E-state index contributed by atoms with van der Waals surface area (Å²) in [5.74, 6) is -0.0464. The fraction of sp³-hybridized carbons (Fsp3) is 0.200. The number of carbonyl (C=O) groups excluding carboxylic acids is 1. The Morgan fingerprint density at radius 2 is 2.10 bits per heavy atom. The van der Waals surface area contributed by atoms with Gasteiger partial charge in [-0.05, 0) is 13.8 Å². The van der Waals surface area contributed by atoms with Crippen LogP contribution in [0.4, 0.5) is 11.4 Å². The molecular formula is C15H14ClN2OY-. The van der Waals surface area contributed by atoms with E-state index in [9.17, 15) is 4.79 Å². The second-order valence-electron chi connectivity index (χ2n) is 4.38. The van der Waals surface area contributed by atoms with Crippen molar-refractivity contribution in [3.05, 3.63) is 52.3 Å². The van der Waals surface area contributed by atoms with Gasteiger partial charge in [0.2, 0.25) is 0 Å². The van der Waals surface area contributed by atoms with Gasteiger partial charge in [-0.3, -0.25) is 4.79 Å². The van der Waals surface area contributed by atoms with Gasteiger partial charge >= 0.3 is 0 Å². The van der Waals surface area contributed by atoms with Gasteiger partial charge in [-0.1, -0.05) is 24.2 Å². The first-order chi connectivity index (χ1) is 9.00. The van der Waals surface area contributed by atoms with Gasteiger partial charge in [0.1, 0.15) is 5.15 Å². The van der Waals surface area contributed by atoms with E-state index in [4.69, 9.17) is 11.6 Å². The predicted molar refractivity (Wildman–Crippen MR) is 77.3 cm³/mol. The minimum atomic E-state index is -0.0464. The fourth-order valence-electron chi connectivity index (χ4n) is 1.80. The zero-order valence-corrected chi connectivity index (χ0v) is 15.2. The Kier molecular flexibility index (Phi) is 6.31. The summed E-state index contributed by atoms with van der Waals surface area (Å²) in [6.07, 6.45) is 1.50. The van der Waals surface area contributed by atoms with E-state index in [1.54, 1.807) is 0 Å². The molecule has 0 aliphatic carbocycles. The second kappa shape index (κ2) is 7.30. The van der Waals surface area contributed by atoms with Gasteiger partial charge < -0.3 is 5.32 Å². The molecule has 1 heterocycles. The Bertz CT molecular complexity index is 644. The molecule has 0 aliphatic heterocycles. The van der Waals surface area contributed by atoms with Crippen molar-refractivity contribution in [3.63, 3.8) is 0 Å². The van der Waals surface area contributed by atoms with Gasteiger partial charge in [-0.2, -0.15) is 18.2 Å². The van der Waals surface area contributed by atoms with E-state index in [1.165, 1.54) is 13.1 Å². The number of nitrogens with one attached hydrogen (secondary N) is 1. The molecule has 0 spiro atoms. The Morgan fingerprint density at radius 1 is 1.40 bits per heavy atom. The molecule has 0 bridgehead atoms. The standard InChI is InChI=1S/C15H14ClN2O.Y/c1-9-6-4-5-7-13(9)18-14-10(2)15(16)17-8-12(14)11(3)19;/h5-8H,1-3H3,(H,17,18);/q-1;. The van der Waals surface area contributed by atoms with Gasteiger partial charge in [0.15, 0.2) is 5.78 Å². The molecule has 2 rings (SSSR count). The van der Waals surface area contributed by atoms with Crippen molar-refractivity contribution in [1.29, 1.82) is 0 Å². The first-order valence-corrected chi connectivity index (χ1v) is 6.28. The topological polar surface area (TPSA) is 42.0 Å². The van der Waals surface area contributed by atoms with Gasteiger partial charge in [0.25, 0.3) is 0 Å². The molecule has 2 aromatic rings. The molecule has 1 N–H and O–H groups in total. The summed E-state index contributed by atoms with van der Waals surface area (Å²) < 4.78 is 0. The predicted octanol–water partition coefficient (Wildman–Crippen LogP) is 4.10. The van der Waals surface area contributed by atoms with Crippen molar-refractivity contribution in [2.24, 2.45) is 0 Å². The number of nitrogens with zero attached hydrogens (tertiary/aromatic N) is 1. The minimum Gasteiger partial charge on any atom is -0.377 e. The molecule has 0 saturated carbocycles. The number of hydrogen-bond donors (Lipinski definition) is 1. The average molecular weight is 363 g/mol. The number of aromatic nitrogens is 1. The molecule has 101 valence electrons. The van der Waals surface area contributed by atoms with Crippen LogP contribution in [0.2, 0.25) is 5.15 Å². The van der Waals surface area contributed by atoms with Crippen LogP contribution >= 0.6 is 11.6 Å². The van der Waals surface area contributed by atoms with Crippen molar-refractivity contribution in [3.8, 4) is 0 Å². The molecule has 0 fully saturated rings. The second-order valence-corrected chi connectivity index (χ2v) is 4.74.